The first-order chi connectivity index (χ1) is 14.6. The minimum atomic E-state index is -0.412. The number of allylic oxidation sites excluding steroid dienone is 2. The van der Waals surface area contributed by atoms with Crippen LogP contribution in [0.2, 0.25) is 0 Å². The van der Waals surface area contributed by atoms with Crippen molar-refractivity contribution in [1.82, 2.24) is 0 Å². The molecule has 0 radical (unpaired) electrons. The minimum absolute atomic E-state index is 0.135. The molecule has 0 aromatic heterocycles. The third-order valence-corrected chi connectivity index (χ3v) is 9.29. The van der Waals surface area contributed by atoms with Gasteiger partial charge in [0.15, 0.2) is 11.6 Å². The molecule has 4 heteroatoms. The standard InChI is InChI=1S/C24H34O4.C2H6/c1-3-22-14-16(2)21-18-6-8-23(25-10-11-26-23)15-17(18)4-5-19(21)20(22)7-9-24(22)27-12-13-28-24;1-2/h15,18-21H,2-14H2,1H3;1-2H3. The van der Waals surface area contributed by atoms with Crippen LogP contribution >= 0.6 is 0 Å². The maximum absolute atomic E-state index is 6.36. The Morgan fingerprint density at radius 1 is 0.967 bits per heavy atom. The fourth-order valence-corrected chi connectivity index (χ4v) is 8.33. The number of ether oxygens (including phenoxy) is 4. The van der Waals surface area contributed by atoms with Gasteiger partial charge in [0.05, 0.1) is 26.4 Å². The van der Waals surface area contributed by atoms with Crippen molar-refractivity contribution in [2.75, 3.05) is 26.4 Å². The summed E-state index contributed by atoms with van der Waals surface area (Å²) in [6.45, 7) is 14.0. The van der Waals surface area contributed by atoms with Crippen molar-refractivity contribution in [2.24, 2.45) is 29.1 Å². The van der Waals surface area contributed by atoms with Crippen molar-refractivity contribution in [1.29, 1.82) is 0 Å². The molecule has 0 amide bonds. The third kappa shape index (κ3) is 2.79. The lowest BCUT2D eigenvalue weighted by Gasteiger charge is -2.57. The molecule has 30 heavy (non-hydrogen) atoms. The molecule has 0 bridgehead atoms. The van der Waals surface area contributed by atoms with E-state index in [9.17, 15) is 0 Å². The molecule has 5 fully saturated rings. The SMILES string of the molecule is C=C1CC2(CC)C(CCC23OCCO3)C2CCC3=CC4(CCC3C12)OCCO4.CC. The average Bonchev–Trinajstić information content (AvgIpc) is 3.51. The Bertz CT molecular complexity index is 700. The monoisotopic (exact) mass is 416 g/mol. The van der Waals surface area contributed by atoms with Gasteiger partial charge in [0.1, 0.15) is 0 Å². The van der Waals surface area contributed by atoms with E-state index in [-0.39, 0.29) is 11.2 Å². The molecule has 5 atom stereocenters. The van der Waals surface area contributed by atoms with Crippen molar-refractivity contribution in [3.63, 3.8) is 0 Å². The van der Waals surface area contributed by atoms with Crippen LogP contribution in [0.25, 0.3) is 0 Å². The Kier molecular flexibility index (Phi) is 5.45. The van der Waals surface area contributed by atoms with Gasteiger partial charge >= 0.3 is 0 Å². The summed E-state index contributed by atoms with van der Waals surface area (Å²) in [5, 5.41) is 0. The molecule has 168 valence electrons. The highest BCUT2D eigenvalue weighted by molar-refractivity contribution is 5.30. The van der Waals surface area contributed by atoms with Crippen LogP contribution in [0.15, 0.2) is 23.8 Å². The van der Waals surface area contributed by atoms with E-state index >= 15 is 0 Å². The van der Waals surface area contributed by atoms with E-state index in [0.717, 1.165) is 58.0 Å². The number of hydrogen-bond acceptors (Lipinski definition) is 4. The Balaban J connectivity index is 0.000000937. The highest BCUT2D eigenvalue weighted by Gasteiger charge is 2.67. The lowest BCUT2D eigenvalue weighted by molar-refractivity contribution is -0.242. The van der Waals surface area contributed by atoms with E-state index < -0.39 is 5.79 Å². The highest BCUT2D eigenvalue weighted by atomic mass is 16.7. The van der Waals surface area contributed by atoms with Crippen molar-refractivity contribution >= 4 is 0 Å². The summed E-state index contributed by atoms with van der Waals surface area (Å²) in [4.78, 5) is 0. The van der Waals surface area contributed by atoms with Crippen LogP contribution in [0.5, 0.6) is 0 Å². The van der Waals surface area contributed by atoms with Crippen LogP contribution in [0.1, 0.15) is 72.1 Å². The molecule has 4 nitrogen and oxygen atoms in total. The molecule has 2 saturated heterocycles. The van der Waals surface area contributed by atoms with Crippen molar-refractivity contribution < 1.29 is 18.9 Å². The first-order valence-electron chi connectivity index (χ1n) is 12.6. The van der Waals surface area contributed by atoms with E-state index in [1.165, 1.54) is 31.3 Å². The zero-order valence-electron chi connectivity index (χ0n) is 19.2. The molecular formula is C26H40O4. The minimum Gasteiger partial charge on any atom is -0.347 e. The van der Waals surface area contributed by atoms with Gasteiger partial charge in [0.25, 0.3) is 0 Å². The van der Waals surface area contributed by atoms with E-state index in [4.69, 9.17) is 18.9 Å². The fourth-order valence-electron chi connectivity index (χ4n) is 8.33. The summed E-state index contributed by atoms with van der Waals surface area (Å²) in [6.07, 6.45) is 11.5. The fraction of sp³-hybridized carbons (Fsp3) is 0.846. The second-order valence-electron chi connectivity index (χ2n) is 10.0. The van der Waals surface area contributed by atoms with Crippen LogP contribution in [-0.2, 0) is 18.9 Å². The first-order valence-corrected chi connectivity index (χ1v) is 12.6. The molecule has 2 heterocycles. The topological polar surface area (TPSA) is 36.9 Å². The first kappa shape index (κ1) is 21.2. The third-order valence-electron chi connectivity index (χ3n) is 9.29. The second-order valence-corrected chi connectivity index (χ2v) is 10.0. The molecule has 0 aromatic rings. The Hall–Kier alpha value is -0.680. The molecule has 6 rings (SSSR count). The average molecular weight is 417 g/mol. The lowest BCUT2D eigenvalue weighted by Crippen LogP contribution is -2.55. The zero-order valence-corrected chi connectivity index (χ0v) is 19.2. The Morgan fingerprint density at radius 2 is 1.67 bits per heavy atom. The van der Waals surface area contributed by atoms with Gasteiger partial charge < -0.3 is 18.9 Å². The molecule has 4 aliphatic carbocycles. The van der Waals surface area contributed by atoms with Gasteiger partial charge in [-0.25, -0.2) is 0 Å². The quantitative estimate of drug-likeness (QED) is 0.519. The predicted octanol–water partition coefficient (Wildman–Crippen LogP) is 5.63. The van der Waals surface area contributed by atoms with Gasteiger partial charge in [0.2, 0.25) is 0 Å². The summed E-state index contributed by atoms with van der Waals surface area (Å²) in [5.74, 6) is 1.96. The van der Waals surface area contributed by atoms with E-state index in [2.05, 4.69) is 19.6 Å². The molecule has 0 N–H and O–H groups in total. The Labute approximate surface area is 182 Å². The van der Waals surface area contributed by atoms with Crippen molar-refractivity contribution in [3.8, 4) is 0 Å². The van der Waals surface area contributed by atoms with Gasteiger partial charge in [0, 0.05) is 18.3 Å². The van der Waals surface area contributed by atoms with Gasteiger partial charge in [-0.2, -0.15) is 0 Å². The molecule has 2 aliphatic heterocycles. The molecule has 0 aromatic carbocycles. The number of rotatable bonds is 1. The summed E-state index contributed by atoms with van der Waals surface area (Å²) in [5.41, 5.74) is 3.18. The number of fused-ring (bicyclic) bond motifs is 6. The van der Waals surface area contributed by atoms with E-state index in [1.807, 2.05) is 13.8 Å². The van der Waals surface area contributed by atoms with Crippen LogP contribution in [0, 0.1) is 29.1 Å². The van der Waals surface area contributed by atoms with Gasteiger partial charge in [-0.05, 0) is 68.3 Å². The predicted molar refractivity (Wildman–Crippen MR) is 117 cm³/mol. The number of hydrogen-bond donors (Lipinski definition) is 0. The molecular weight excluding hydrogens is 376 g/mol. The smallest absolute Gasteiger partial charge is 0.188 e. The van der Waals surface area contributed by atoms with E-state index in [0.29, 0.717) is 17.8 Å². The highest BCUT2D eigenvalue weighted by Crippen LogP contribution is 2.69. The summed E-state index contributed by atoms with van der Waals surface area (Å²) in [6, 6.07) is 0. The van der Waals surface area contributed by atoms with Crippen LogP contribution in [0.3, 0.4) is 0 Å². The zero-order chi connectivity index (χ0) is 21.0. The lowest BCUT2D eigenvalue weighted by atomic mass is 9.49. The van der Waals surface area contributed by atoms with Crippen LogP contribution < -0.4 is 0 Å². The van der Waals surface area contributed by atoms with Gasteiger partial charge in [-0.15, -0.1) is 0 Å². The van der Waals surface area contributed by atoms with Crippen LogP contribution in [-0.4, -0.2) is 38.0 Å². The maximum Gasteiger partial charge on any atom is 0.188 e. The summed E-state index contributed by atoms with van der Waals surface area (Å²) >= 11 is 0. The normalized spacial score (nSPS) is 42.9. The van der Waals surface area contributed by atoms with Gasteiger partial charge in [-0.3, -0.25) is 0 Å². The molecule has 5 unspecified atom stereocenters. The van der Waals surface area contributed by atoms with Crippen LogP contribution in [0.4, 0.5) is 0 Å². The maximum atomic E-state index is 6.36. The second kappa shape index (κ2) is 7.72. The molecule has 6 aliphatic rings. The summed E-state index contributed by atoms with van der Waals surface area (Å²) in [7, 11) is 0. The van der Waals surface area contributed by atoms with Crippen molar-refractivity contribution in [3.05, 3.63) is 23.8 Å². The Morgan fingerprint density at radius 3 is 2.37 bits per heavy atom. The largest absolute Gasteiger partial charge is 0.347 e. The van der Waals surface area contributed by atoms with E-state index in [1.54, 1.807) is 5.57 Å². The summed E-state index contributed by atoms with van der Waals surface area (Å²) < 4.78 is 24.7. The molecule has 2 spiro atoms. The van der Waals surface area contributed by atoms with Crippen molar-refractivity contribution in [2.45, 2.75) is 83.7 Å². The van der Waals surface area contributed by atoms with Gasteiger partial charge in [-0.1, -0.05) is 38.5 Å². The molecule has 3 saturated carbocycles.